The summed E-state index contributed by atoms with van der Waals surface area (Å²) in [4.78, 5) is 16.5. The van der Waals surface area contributed by atoms with E-state index in [-0.39, 0.29) is 5.91 Å². The first-order valence-electron chi connectivity index (χ1n) is 7.23. The number of anilines is 2. The van der Waals surface area contributed by atoms with Crippen molar-refractivity contribution in [1.29, 1.82) is 0 Å². The molecule has 1 heterocycles. The molecule has 0 spiro atoms. The molecule has 1 aromatic heterocycles. The monoisotopic (exact) mass is 361 g/mol. The Balaban J connectivity index is 2.10. The quantitative estimate of drug-likeness (QED) is 0.825. The van der Waals surface area contributed by atoms with E-state index in [1.807, 2.05) is 31.2 Å². The highest BCUT2D eigenvalue weighted by atomic mass is 79.9. The number of pyridine rings is 1. The molecule has 2 aromatic rings. The third-order valence-corrected chi connectivity index (χ3v) is 3.74. The van der Waals surface area contributed by atoms with Gasteiger partial charge in [0, 0.05) is 22.9 Å². The van der Waals surface area contributed by atoms with E-state index in [4.69, 9.17) is 0 Å². The molecule has 2 rings (SSSR count). The number of carbonyl (C=O) groups excluding carboxylic acids is 1. The Labute approximate surface area is 139 Å². The van der Waals surface area contributed by atoms with Crippen molar-refractivity contribution < 1.29 is 4.79 Å². The minimum atomic E-state index is -0.224. The van der Waals surface area contributed by atoms with Gasteiger partial charge in [0.1, 0.15) is 5.69 Å². The Bertz CT molecular complexity index is 671. The maximum atomic E-state index is 12.3. The molecule has 0 unspecified atom stereocenters. The summed E-state index contributed by atoms with van der Waals surface area (Å²) in [6, 6.07) is 9.41. The number of carbonyl (C=O) groups is 1. The molecular weight excluding hydrogens is 342 g/mol. The SMILES string of the molecule is Cc1ccc(NC(=O)c2cc(NCC(C)C)ccn2)c(Br)c1. The standard InChI is InChI=1S/C17H20BrN3O/c1-11(2)10-20-13-6-7-19-16(9-13)17(22)21-15-5-4-12(3)8-14(15)18/h4-9,11H,10H2,1-3H3,(H,19,20)(H,21,22). The lowest BCUT2D eigenvalue weighted by atomic mass is 10.2. The third-order valence-electron chi connectivity index (χ3n) is 3.08. The number of hydrogen-bond acceptors (Lipinski definition) is 3. The van der Waals surface area contributed by atoms with Crippen LogP contribution in [0.5, 0.6) is 0 Å². The lowest BCUT2D eigenvalue weighted by molar-refractivity contribution is 0.102. The van der Waals surface area contributed by atoms with E-state index in [0.29, 0.717) is 11.6 Å². The van der Waals surface area contributed by atoms with Crippen LogP contribution in [0.15, 0.2) is 41.0 Å². The third kappa shape index (κ3) is 4.56. The molecule has 0 aliphatic heterocycles. The van der Waals surface area contributed by atoms with E-state index in [1.165, 1.54) is 0 Å². The Kier molecular flexibility index (Phi) is 5.55. The Hall–Kier alpha value is -1.88. The van der Waals surface area contributed by atoms with Crippen molar-refractivity contribution in [3.05, 3.63) is 52.3 Å². The summed E-state index contributed by atoms with van der Waals surface area (Å²) in [6.45, 7) is 7.13. The zero-order chi connectivity index (χ0) is 16.1. The van der Waals surface area contributed by atoms with Crippen molar-refractivity contribution in [1.82, 2.24) is 4.98 Å². The van der Waals surface area contributed by atoms with Crippen LogP contribution in [-0.4, -0.2) is 17.4 Å². The molecule has 0 fully saturated rings. The molecule has 0 saturated heterocycles. The van der Waals surface area contributed by atoms with Crippen LogP contribution < -0.4 is 10.6 Å². The average molecular weight is 362 g/mol. The lowest BCUT2D eigenvalue weighted by Crippen LogP contribution is -2.15. The fourth-order valence-electron chi connectivity index (χ4n) is 1.89. The number of amides is 1. The van der Waals surface area contributed by atoms with Crippen molar-refractivity contribution in [2.24, 2.45) is 5.92 Å². The van der Waals surface area contributed by atoms with Gasteiger partial charge in [-0.25, -0.2) is 0 Å². The maximum Gasteiger partial charge on any atom is 0.274 e. The van der Waals surface area contributed by atoms with Crippen LogP contribution in [0.1, 0.15) is 29.9 Å². The van der Waals surface area contributed by atoms with E-state index < -0.39 is 0 Å². The summed E-state index contributed by atoms with van der Waals surface area (Å²) in [5.74, 6) is 0.312. The molecule has 0 aliphatic carbocycles. The van der Waals surface area contributed by atoms with E-state index in [9.17, 15) is 4.79 Å². The molecular formula is C17H20BrN3O. The van der Waals surface area contributed by atoms with Gasteiger partial charge in [-0.15, -0.1) is 0 Å². The summed E-state index contributed by atoms with van der Waals surface area (Å²) in [5, 5.41) is 6.16. The van der Waals surface area contributed by atoms with Crippen LogP contribution in [0.4, 0.5) is 11.4 Å². The molecule has 4 nitrogen and oxygen atoms in total. The fraction of sp³-hybridized carbons (Fsp3) is 0.294. The summed E-state index contributed by atoms with van der Waals surface area (Å²) >= 11 is 3.46. The first-order chi connectivity index (χ1) is 10.5. The second-order valence-corrected chi connectivity index (χ2v) is 6.50. The van der Waals surface area contributed by atoms with Gasteiger partial charge in [-0.05, 0) is 58.6 Å². The highest BCUT2D eigenvalue weighted by Crippen LogP contribution is 2.24. The van der Waals surface area contributed by atoms with Crippen LogP contribution in [0, 0.1) is 12.8 Å². The van der Waals surface area contributed by atoms with Crippen LogP contribution in [-0.2, 0) is 0 Å². The molecule has 5 heteroatoms. The minimum Gasteiger partial charge on any atom is -0.385 e. The van der Waals surface area contributed by atoms with Gasteiger partial charge in [0.05, 0.1) is 5.69 Å². The van der Waals surface area contributed by atoms with Gasteiger partial charge >= 0.3 is 0 Å². The molecule has 0 bridgehead atoms. The number of nitrogens with zero attached hydrogens (tertiary/aromatic N) is 1. The number of nitrogens with one attached hydrogen (secondary N) is 2. The van der Waals surface area contributed by atoms with Gasteiger partial charge in [0.25, 0.3) is 5.91 Å². The van der Waals surface area contributed by atoms with Gasteiger partial charge < -0.3 is 10.6 Å². The summed E-state index contributed by atoms with van der Waals surface area (Å²) in [7, 11) is 0. The Morgan fingerprint density at radius 2 is 2.05 bits per heavy atom. The van der Waals surface area contributed by atoms with E-state index in [1.54, 1.807) is 12.3 Å². The molecule has 0 radical (unpaired) electrons. The van der Waals surface area contributed by atoms with Gasteiger partial charge in [-0.3, -0.25) is 9.78 Å². The second kappa shape index (κ2) is 7.40. The van der Waals surface area contributed by atoms with Gasteiger partial charge in [-0.2, -0.15) is 0 Å². The van der Waals surface area contributed by atoms with E-state index in [2.05, 4.69) is 45.4 Å². The highest BCUT2D eigenvalue weighted by molar-refractivity contribution is 9.10. The smallest absolute Gasteiger partial charge is 0.274 e. The van der Waals surface area contributed by atoms with Crippen molar-refractivity contribution in [2.75, 3.05) is 17.2 Å². The average Bonchev–Trinajstić information content (AvgIpc) is 2.48. The van der Waals surface area contributed by atoms with Gasteiger partial charge in [-0.1, -0.05) is 19.9 Å². The number of benzene rings is 1. The first-order valence-corrected chi connectivity index (χ1v) is 8.02. The molecule has 0 atom stereocenters. The number of rotatable bonds is 5. The van der Waals surface area contributed by atoms with E-state index in [0.717, 1.165) is 28.0 Å². The fourth-order valence-corrected chi connectivity index (χ4v) is 2.49. The zero-order valence-corrected chi connectivity index (χ0v) is 14.6. The van der Waals surface area contributed by atoms with Crippen molar-refractivity contribution >= 4 is 33.2 Å². The maximum absolute atomic E-state index is 12.3. The van der Waals surface area contributed by atoms with Crippen molar-refractivity contribution in [3.63, 3.8) is 0 Å². The summed E-state index contributed by atoms with van der Waals surface area (Å²) in [5.41, 5.74) is 3.15. The van der Waals surface area contributed by atoms with Crippen molar-refractivity contribution in [2.45, 2.75) is 20.8 Å². The Morgan fingerprint density at radius 3 is 2.73 bits per heavy atom. The molecule has 1 amide bonds. The molecule has 2 N–H and O–H groups in total. The summed E-state index contributed by atoms with van der Waals surface area (Å²) in [6.07, 6.45) is 1.64. The van der Waals surface area contributed by atoms with E-state index >= 15 is 0 Å². The van der Waals surface area contributed by atoms with Gasteiger partial charge in [0.2, 0.25) is 0 Å². The number of halogens is 1. The second-order valence-electron chi connectivity index (χ2n) is 5.64. The lowest BCUT2D eigenvalue weighted by Gasteiger charge is -2.11. The summed E-state index contributed by atoms with van der Waals surface area (Å²) < 4.78 is 0.856. The molecule has 1 aromatic carbocycles. The zero-order valence-electron chi connectivity index (χ0n) is 13.0. The topological polar surface area (TPSA) is 54.0 Å². The molecule has 116 valence electrons. The van der Waals surface area contributed by atoms with Crippen LogP contribution in [0.2, 0.25) is 0 Å². The number of hydrogen-bond donors (Lipinski definition) is 2. The largest absolute Gasteiger partial charge is 0.385 e. The first kappa shape index (κ1) is 16.5. The number of aryl methyl sites for hydroxylation is 1. The molecule has 22 heavy (non-hydrogen) atoms. The number of aromatic nitrogens is 1. The predicted molar refractivity (Wildman–Crippen MR) is 94.4 cm³/mol. The van der Waals surface area contributed by atoms with Crippen molar-refractivity contribution in [3.8, 4) is 0 Å². The van der Waals surface area contributed by atoms with Crippen LogP contribution in [0.25, 0.3) is 0 Å². The molecule has 0 saturated carbocycles. The molecule has 0 aliphatic rings. The van der Waals surface area contributed by atoms with Crippen LogP contribution in [0.3, 0.4) is 0 Å². The predicted octanol–water partition coefficient (Wildman–Crippen LogP) is 4.47. The normalized spacial score (nSPS) is 10.6. The van der Waals surface area contributed by atoms with Crippen LogP contribution >= 0.6 is 15.9 Å². The highest BCUT2D eigenvalue weighted by Gasteiger charge is 2.10. The van der Waals surface area contributed by atoms with Gasteiger partial charge in [0.15, 0.2) is 0 Å². The minimum absolute atomic E-state index is 0.224. The Morgan fingerprint density at radius 1 is 1.27 bits per heavy atom.